The van der Waals surface area contributed by atoms with Gasteiger partial charge in [-0.1, -0.05) is 31.2 Å². The van der Waals surface area contributed by atoms with E-state index < -0.39 is 0 Å². The molecule has 0 aliphatic rings. The number of thiocarbonyl (C=S) groups is 1. The van der Waals surface area contributed by atoms with Crippen LogP contribution < -0.4 is 16.0 Å². The van der Waals surface area contributed by atoms with Crippen LogP contribution in [0.25, 0.3) is 0 Å². The number of rotatable bonds is 4. The minimum Gasteiger partial charge on any atom is -0.332 e. The van der Waals surface area contributed by atoms with Crippen LogP contribution in [0, 0.1) is 0 Å². The van der Waals surface area contributed by atoms with E-state index in [1.807, 2.05) is 30.3 Å². The third kappa shape index (κ3) is 5.19. The molecule has 0 fully saturated rings. The quantitative estimate of drug-likeness (QED) is 0.755. The molecule has 6 heteroatoms. The molecule has 2 amide bonds. The van der Waals surface area contributed by atoms with Gasteiger partial charge in [0.1, 0.15) is 0 Å². The smallest absolute Gasteiger partial charge is 0.255 e. The number of carbonyl (C=O) groups excluding carboxylic acids is 2. The molecule has 0 unspecified atom stereocenters. The molecule has 2 rings (SSSR count). The lowest BCUT2D eigenvalue weighted by Crippen LogP contribution is -2.33. The fourth-order valence-electron chi connectivity index (χ4n) is 1.84. The molecule has 0 radical (unpaired) electrons. The predicted molar refractivity (Wildman–Crippen MR) is 95.5 cm³/mol. The van der Waals surface area contributed by atoms with Gasteiger partial charge in [0.25, 0.3) is 5.91 Å². The van der Waals surface area contributed by atoms with Crippen LogP contribution in [0.2, 0.25) is 0 Å². The Bertz CT molecular complexity index is 717. The highest BCUT2D eigenvalue weighted by atomic mass is 32.1. The Morgan fingerprint density at radius 2 is 1.65 bits per heavy atom. The van der Waals surface area contributed by atoms with Crippen molar-refractivity contribution in [2.24, 2.45) is 0 Å². The van der Waals surface area contributed by atoms with Crippen molar-refractivity contribution in [3.05, 3.63) is 60.2 Å². The largest absolute Gasteiger partial charge is 0.332 e. The van der Waals surface area contributed by atoms with Crippen LogP contribution >= 0.6 is 12.2 Å². The number of amides is 2. The molecule has 0 saturated heterocycles. The van der Waals surface area contributed by atoms with Crippen molar-refractivity contribution in [2.75, 3.05) is 10.6 Å². The first kappa shape index (κ1) is 16.6. The van der Waals surface area contributed by atoms with E-state index in [1.165, 1.54) is 0 Å². The van der Waals surface area contributed by atoms with E-state index in [0.29, 0.717) is 17.7 Å². The maximum Gasteiger partial charge on any atom is 0.255 e. The van der Waals surface area contributed by atoms with Gasteiger partial charge in [0, 0.05) is 23.4 Å². The summed E-state index contributed by atoms with van der Waals surface area (Å²) in [6.07, 6.45) is 0.349. The molecule has 5 nitrogen and oxygen atoms in total. The highest BCUT2D eigenvalue weighted by molar-refractivity contribution is 7.80. The van der Waals surface area contributed by atoms with Crippen LogP contribution in [0.15, 0.2) is 54.6 Å². The average molecular weight is 327 g/mol. The van der Waals surface area contributed by atoms with Gasteiger partial charge in [-0.2, -0.15) is 0 Å². The summed E-state index contributed by atoms with van der Waals surface area (Å²) in [7, 11) is 0. The summed E-state index contributed by atoms with van der Waals surface area (Å²) in [6, 6.07) is 16.1. The van der Waals surface area contributed by atoms with Crippen molar-refractivity contribution < 1.29 is 9.59 Å². The van der Waals surface area contributed by atoms with Crippen molar-refractivity contribution in [1.29, 1.82) is 0 Å². The summed E-state index contributed by atoms with van der Waals surface area (Å²) in [5.74, 6) is -0.385. The summed E-state index contributed by atoms with van der Waals surface area (Å²) >= 11 is 5.05. The van der Waals surface area contributed by atoms with Gasteiger partial charge in [-0.25, -0.2) is 0 Å². The van der Waals surface area contributed by atoms with Gasteiger partial charge in [0.2, 0.25) is 5.91 Å². The lowest BCUT2D eigenvalue weighted by molar-refractivity contribution is -0.119. The Morgan fingerprint density at radius 1 is 0.957 bits per heavy atom. The number of hydrogen-bond acceptors (Lipinski definition) is 3. The second-order valence-corrected chi connectivity index (χ2v) is 5.17. The van der Waals surface area contributed by atoms with Crippen molar-refractivity contribution in [1.82, 2.24) is 5.32 Å². The van der Waals surface area contributed by atoms with Gasteiger partial charge < -0.3 is 16.0 Å². The summed E-state index contributed by atoms with van der Waals surface area (Å²) in [4.78, 5) is 23.5. The van der Waals surface area contributed by atoms with E-state index in [0.717, 1.165) is 5.69 Å². The fraction of sp³-hybridized carbons (Fsp3) is 0.118. The highest BCUT2D eigenvalue weighted by Crippen LogP contribution is 2.13. The molecular formula is C17H17N3O2S. The molecule has 3 N–H and O–H groups in total. The van der Waals surface area contributed by atoms with Crippen LogP contribution in [-0.2, 0) is 4.79 Å². The van der Waals surface area contributed by atoms with Crippen LogP contribution in [0.1, 0.15) is 23.7 Å². The second-order valence-electron chi connectivity index (χ2n) is 4.76. The maximum absolute atomic E-state index is 12.2. The van der Waals surface area contributed by atoms with E-state index in [9.17, 15) is 9.59 Å². The predicted octanol–water partition coefficient (Wildman–Crippen LogP) is 3.16. The number of hydrogen-bond donors (Lipinski definition) is 3. The van der Waals surface area contributed by atoms with Gasteiger partial charge in [-0.05, 0) is 42.5 Å². The number of benzene rings is 2. The monoisotopic (exact) mass is 327 g/mol. The third-order valence-corrected chi connectivity index (χ3v) is 3.19. The van der Waals surface area contributed by atoms with Crippen LogP contribution in [0.5, 0.6) is 0 Å². The lowest BCUT2D eigenvalue weighted by Gasteiger charge is -2.10. The van der Waals surface area contributed by atoms with Gasteiger partial charge in [-0.15, -0.1) is 0 Å². The van der Waals surface area contributed by atoms with Crippen molar-refractivity contribution in [3.63, 3.8) is 0 Å². The molecule has 23 heavy (non-hydrogen) atoms. The van der Waals surface area contributed by atoms with Crippen LogP contribution in [-0.4, -0.2) is 16.9 Å². The molecule has 0 aliphatic heterocycles. The number of carbonyl (C=O) groups is 2. The molecular weight excluding hydrogens is 310 g/mol. The van der Waals surface area contributed by atoms with Gasteiger partial charge in [0.15, 0.2) is 5.11 Å². The summed E-state index contributed by atoms with van der Waals surface area (Å²) in [5, 5.41) is 8.45. The molecule has 0 aliphatic carbocycles. The van der Waals surface area contributed by atoms with Gasteiger partial charge in [-0.3, -0.25) is 9.59 Å². The van der Waals surface area contributed by atoms with Gasteiger partial charge >= 0.3 is 0 Å². The summed E-state index contributed by atoms with van der Waals surface area (Å²) < 4.78 is 0. The average Bonchev–Trinajstić information content (AvgIpc) is 2.55. The lowest BCUT2D eigenvalue weighted by atomic mass is 10.2. The summed E-state index contributed by atoms with van der Waals surface area (Å²) in [6.45, 7) is 1.74. The molecule has 118 valence electrons. The fourth-order valence-corrected chi connectivity index (χ4v) is 2.07. The third-order valence-electron chi connectivity index (χ3n) is 2.99. The minimum atomic E-state index is -0.219. The second kappa shape index (κ2) is 8.05. The van der Waals surface area contributed by atoms with E-state index in [4.69, 9.17) is 12.2 Å². The molecule has 2 aromatic carbocycles. The maximum atomic E-state index is 12.2. The molecule has 0 atom stereocenters. The van der Waals surface area contributed by atoms with E-state index in [2.05, 4.69) is 16.0 Å². The zero-order chi connectivity index (χ0) is 16.7. The van der Waals surface area contributed by atoms with E-state index >= 15 is 0 Å². The van der Waals surface area contributed by atoms with Crippen molar-refractivity contribution in [2.45, 2.75) is 13.3 Å². The van der Waals surface area contributed by atoms with Crippen LogP contribution in [0.3, 0.4) is 0 Å². The molecule has 0 saturated carbocycles. The standard InChI is InChI=1S/C17H17N3O2S/c1-2-15(21)20-17(23)19-14-10-6-7-12(11-14)16(22)18-13-8-4-3-5-9-13/h3-11H,2H2,1H3,(H,18,22)(H2,19,20,21,23). The Labute approximate surface area is 140 Å². The Morgan fingerprint density at radius 3 is 2.35 bits per heavy atom. The molecule has 0 spiro atoms. The zero-order valence-electron chi connectivity index (χ0n) is 12.6. The summed E-state index contributed by atoms with van der Waals surface area (Å²) in [5.41, 5.74) is 1.84. The first-order valence-electron chi connectivity index (χ1n) is 7.16. The number of para-hydroxylation sites is 1. The van der Waals surface area contributed by atoms with E-state index in [1.54, 1.807) is 31.2 Å². The number of nitrogens with one attached hydrogen (secondary N) is 3. The SMILES string of the molecule is CCC(=O)NC(=S)Nc1cccc(C(=O)Nc2ccccc2)c1. The Balaban J connectivity index is 2.03. The van der Waals surface area contributed by atoms with Gasteiger partial charge in [0.05, 0.1) is 0 Å². The molecule has 2 aromatic rings. The van der Waals surface area contributed by atoms with E-state index in [-0.39, 0.29) is 16.9 Å². The first-order valence-corrected chi connectivity index (χ1v) is 7.56. The first-order chi connectivity index (χ1) is 11.1. The van der Waals surface area contributed by atoms with Crippen molar-refractivity contribution >= 4 is 40.5 Å². The normalized spacial score (nSPS) is 9.78. The highest BCUT2D eigenvalue weighted by Gasteiger charge is 2.08. The Hall–Kier alpha value is -2.73. The molecule has 0 bridgehead atoms. The molecule has 0 heterocycles. The topological polar surface area (TPSA) is 70.2 Å². The molecule has 0 aromatic heterocycles. The van der Waals surface area contributed by atoms with Crippen molar-refractivity contribution in [3.8, 4) is 0 Å². The zero-order valence-corrected chi connectivity index (χ0v) is 13.4. The Kier molecular flexibility index (Phi) is 5.82. The number of anilines is 2. The minimum absolute atomic E-state index is 0.166. The van der Waals surface area contributed by atoms with Crippen LogP contribution in [0.4, 0.5) is 11.4 Å².